The summed E-state index contributed by atoms with van der Waals surface area (Å²) in [5.74, 6) is 0.478. The van der Waals surface area contributed by atoms with Crippen LogP contribution in [-0.4, -0.2) is 34.2 Å². The number of ether oxygens (including phenoxy) is 1. The number of carbonyl (C=O) groups excluding carboxylic acids is 1. The van der Waals surface area contributed by atoms with Gasteiger partial charge >= 0.3 is 6.09 Å². The second kappa shape index (κ2) is 7.48. The van der Waals surface area contributed by atoms with Gasteiger partial charge in [-0.1, -0.05) is 30.3 Å². The van der Waals surface area contributed by atoms with E-state index in [1.54, 1.807) is 6.20 Å². The van der Waals surface area contributed by atoms with Crippen LogP contribution in [0.25, 0.3) is 11.1 Å². The van der Waals surface area contributed by atoms with Gasteiger partial charge in [0.15, 0.2) is 0 Å². The second-order valence-corrected chi connectivity index (χ2v) is 8.11. The molecule has 2 atom stereocenters. The number of benzene rings is 1. The van der Waals surface area contributed by atoms with Gasteiger partial charge in [0, 0.05) is 25.0 Å². The molecule has 4 nitrogen and oxygen atoms in total. The molecule has 1 amide bonds. The van der Waals surface area contributed by atoms with Crippen LogP contribution in [0.4, 0.5) is 4.79 Å². The lowest BCUT2D eigenvalue weighted by Crippen LogP contribution is -2.46. The van der Waals surface area contributed by atoms with Gasteiger partial charge in [-0.25, -0.2) is 4.79 Å². The lowest BCUT2D eigenvalue weighted by atomic mass is 9.85. The molecule has 1 aliphatic rings. The standard InChI is InChI=1S/C22H28N2O2/c1-16-14-19(11-13-24(16)21(25)26-22(2,3)4)17-7-9-18(10-8-17)20-6-5-12-23-15-20/h5-10,12,15-16,19H,11,13-14H2,1-4H3/t16-,19-/m0/s1. The third-order valence-electron chi connectivity index (χ3n) is 4.88. The van der Waals surface area contributed by atoms with E-state index < -0.39 is 5.60 Å². The molecule has 138 valence electrons. The third-order valence-corrected chi connectivity index (χ3v) is 4.88. The Kier molecular flexibility index (Phi) is 5.30. The van der Waals surface area contributed by atoms with Gasteiger partial charge in [-0.2, -0.15) is 0 Å². The Morgan fingerprint density at radius 3 is 2.46 bits per heavy atom. The zero-order chi connectivity index (χ0) is 18.7. The number of carbonyl (C=O) groups is 1. The molecule has 26 heavy (non-hydrogen) atoms. The van der Waals surface area contributed by atoms with E-state index in [1.165, 1.54) is 11.1 Å². The molecule has 0 unspecified atom stereocenters. The highest BCUT2D eigenvalue weighted by molar-refractivity contribution is 5.68. The highest BCUT2D eigenvalue weighted by Gasteiger charge is 2.32. The lowest BCUT2D eigenvalue weighted by molar-refractivity contribution is 0.0103. The van der Waals surface area contributed by atoms with Crippen molar-refractivity contribution in [2.75, 3.05) is 6.54 Å². The molecule has 0 spiro atoms. The van der Waals surface area contributed by atoms with Crippen molar-refractivity contribution >= 4 is 6.09 Å². The topological polar surface area (TPSA) is 42.4 Å². The number of pyridine rings is 1. The van der Waals surface area contributed by atoms with Gasteiger partial charge in [0.1, 0.15) is 5.60 Å². The van der Waals surface area contributed by atoms with Crippen molar-refractivity contribution in [2.24, 2.45) is 0 Å². The molecule has 0 N–H and O–H groups in total. The largest absolute Gasteiger partial charge is 0.444 e. The van der Waals surface area contributed by atoms with Gasteiger partial charge in [-0.15, -0.1) is 0 Å². The summed E-state index contributed by atoms with van der Waals surface area (Å²) in [6.07, 6.45) is 5.41. The SMILES string of the molecule is C[C@H]1C[C@@H](c2ccc(-c3cccnc3)cc2)CCN1C(=O)OC(C)(C)C. The molecule has 0 bridgehead atoms. The summed E-state index contributed by atoms with van der Waals surface area (Å²) in [5, 5.41) is 0. The minimum absolute atomic E-state index is 0.182. The predicted molar refractivity (Wildman–Crippen MR) is 104 cm³/mol. The summed E-state index contributed by atoms with van der Waals surface area (Å²) in [7, 11) is 0. The van der Waals surface area contributed by atoms with Crippen molar-refractivity contribution < 1.29 is 9.53 Å². The van der Waals surface area contributed by atoms with Gasteiger partial charge in [-0.05, 0) is 69.2 Å². The van der Waals surface area contributed by atoms with Crippen molar-refractivity contribution in [1.82, 2.24) is 9.88 Å². The highest BCUT2D eigenvalue weighted by atomic mass is 16.6. The Labute approximate surface area is 156 Å². The van der Waals surface area contributed by atoms with Crippen molar-refractivity contribution in [3.8, 4) is 11.1 Å². The molecule has 1 fully saturated rings. The van der Waals surface area contributed by atoms with Gasteiger partial charge in [-0.3, -0.25) is 4.98 Å². The number of amides is 1. The van der Waals surface area contributed by atoms with Crippen LogP contribution in [0.1, 0.15) is 52.0 Å². The molecule has 1 saturated heterocycles. The van der Waals surface area contributed by atoms with E-state index in [4.69, 9.17) is 4.74 Å². The van der Waals surface area contributed by atoms with Crippen molar-refractivity contribution in [3.05, 3.63) is 54.4 Å². The summed E-state index contributed by atoms with van der Waals surface area (Å²) in [6, 6.07) is 13.0. The molecule has 1 aliphatic heterocycles. The number of hydrogen-bond donors (Lipinski definition) is 0. The van der Waals surface area contributed by atoms with E-state index >= 15 is 0 Å². The number of aromatic nitrogens is 1. The van der Waals surface area contributed by atoms with Gasteiger partial charge in [0.05, 0.1) is 0 Å². The predicted octanol–water partition coefficient (Wildman–Crippen LogP) is 5.25. The van der Waals surface area contributed by atoms with Crippen LogP contribution in [0, 0.1) is 0 Å². The first-order valence-corrected chi connectivity index (χ1v) is 9.33. The molecule has 0 radical (unpaired) electrons. The molecule has 3 rings (SSSR count). The Balaban J connectivity index is 1.65. The van der Waals surface area contributed by atoms with E-state index in [0.717, 1.165) is 24.9 Å². The maximum atomic E-state index is 12.4. The molecule has 2 heterocycles. The fourth-order valence-corrected chi connectivity index (χ4v) is 3.55. The van der Waals surface area contributed by atoms with Gasteiger partial charge in [0.2, 0.25) is 0 Å². The van der Waals surface area contributed by atoms with Crippen LogP contribution in [0.2, 0.25) is 0 Å². The lowest BCUT2D eigenvalue weighted by Gasteiger charge is -2.38. The van der Waals surface area contributed by atoms with Crippen LogP contribution in [0.3, 0.4) is 0 Å². The Hall–Kier alpha value is -2.36. The molecule has 1 aromatic carbocycles. The molecule has 0 aliphatic carbocycles. The van der Waals surface area contributed by atoms with E-state index in [1.807, 2.05) is 37.9 Å². The Bertz CT molecular complexity index is 735. The Morgan fingerprint density at radius 1 is 1.15 bits per heavy atom. The maximum Gasteiger partial charge on any atom is 0.410 e. The second-order valence-electron chi connectivity index (χ2n) is 8.11. The molecule has 0 saturated carbocycles. The summed E-state index contributed by atoms with van der Waals surface area (Å²) in [6.45, 7) is 8.58. The average Bonchev–Trinajstić information content (AvgIpc) is 2.61. The van der Waals surface area contributed by atoms with Crippen LogP contribution in [0.5, 0.6) is 0 Å². The van der Waals surface area contributed by atoms with Crippen molar-refractivity contribution in [1.29, 1.82) is 0 Å². The van der Waals surface area contributed by atoms with E-state index in [-0.39, 0.29) is 12.1 Å². The quantitative estimate of drug-likeness (QED) is 0.741. The molecular weight excluding hydrogens is 324 g/mol. The summed E-state index contributed by atoms with van der Waals surface area (Å²) < 4.78 is 5.53. The average molecular weight is 352 g/mol. The monoisotopic (exact) mass is 352 g/mol. The smallest absolute Gasteiger partial charge is 0.410 e. The molecule has 2 aromatic rings. The zero-order valence-corrected chi connectivity index (χ0v) is 16.1. The normalized spacial score (nSPS) is 20.7. The van der Waals surface area contributed by atoms with Crippen LogP contribution >= 0.6 is 0 Å². The maximum absolute atomic E-state index is 12.4. The Morgan fingerprint density at radius 2 is 1.88 bits per heavy atom. The van der Waals surface area contributed by atoms with E-state index in [0.29, 0.717) is 5.92 Å². The fraction of sp³-hybridized carbons (Fsp3) is 0.455. The molecule has 4 heteroatoms. The first-order valence-electron chi connectivity index (χ1n) is 9.33. The number of piperidine rings is 1. The van der Waals surface area contributed by atoms with Crippen molar-refractivity contribution in [2.45, 2.75) is 58.1 Å². The van der Waals surface area contributed by atoms with Gasteiger partial charge in [0.25, 0.3) is 0 Å². The fourth-order valence-electron chi connectivity index (χ4n) is 3.55. The summed E-state index contributed by atoms with van der Waals surface area (Å²) >= 11 is 0. The number of likely N-dealkylation sites (tertiary alicyclic amines) is 1. The minimum atomic E-state index is -0.449. The number of nitrogens with zero attached hydrogens (tertiary/aromatic N) is 2. The van der Waals surface area contributed by atoms with Gasteiger partial charge < -0.3 is 9.64 Å². The third kappa shape index (κ3) is 4.43. The first kappa shape index (κ1) is 18.4. The van der Waals surface area contributed by atoms with Crippen LogP contribution in [-0.2, 0) is 4.74 Å². The van der Waals surface area contributed by atoms with E-state index in [2.05, 4.69) is 42.2 Å². The number of rotatable bonds is 2. The molecule has 1 aromatic heterocycles. The summed E-state index contributed by atoms with van der Waals surface area (Å²) in [5.41, 5.74) is 3.21. The van der Waals surface area contributed by atoms with E-state index in [9.17, 15) is 4.79 Å². The summed E-state index contributed by atoms with van der Waals surface area (Å²) in [4.78, 5) is 18.4. The van der Waals surface area contributed by atoms with Crippen molar-refractivity contribution in [3.63, 3.8) is 0 Å². The highest BCUT2D eigenvalue weighted by Crippen LogP contribution is 2.33. The van der Waals surface area contributed by atoms with Crippen LogP contribution < -0.4 is 0 Å². The molecular formula is C22H28N2O2. The zero-order valence-electron chi connectivity index (χ0n) is 16.1. The minimum Gasteiger partial charge on any atom is -0.444 e. The first-order chi connectivity index (χ1) is 12.3. The number of hydrogen-bond acceptors (Lipinski definition) is 3. The van der Waals surface area contributed by atoms with Crippen LogP contribution in [0.15, 0.2) is 48.8 Å².